The first kappa shape index (κ1) is 24.2. The average Bonchev–Trinajstić information content (AvgIpc) is 3.53. The van der Waals surface area contributed by atoms with Gasteiger partial charge in [-0.25, -0.2) is 9.18 Å². The molecule has 3 aliphatic rings. The molecule has 5 nitrogen and oxygen atoms in total. The predicted octanol–water partition coefficient (Wildman–Crippen LogP) is 6.53. The van der Waals surface area contributed by atoms with E-state index in [9.17, 15) is 27.5 Å². The van der Waals surface area contributed by atoms with Gasteiger partial charge in [-0.05, 0) is 79.8 Å². The summed E-state index contributed by atoms with van der Waals surface area (Å²) in [5.74, 6) is -1.92. The van der Waals surface area contributed by atoms with Crippen molar-refractivity contribution in [2.24, 2.45) is 0 Å². The number of nitrogens with zero attached hydrogens (tertiary/aromatic N) is 1. The molecule has 2 aromatic rings. The monoisotopic (exact) mass is 513 g/mol. The van der Waals surface area contributed by atoms with Crippen LogP contribution in [-0.2, 0) is 6.54 Å². The fourth-order valence-corrected chi connectivity index (χ4v) is 5.69. The molecule has 2 aromatic carbocycles. The topological polar surface area (TPSA) is 59.0 Å². The normalized spacial score (nSPS) is 24.4. The van der Waals surface area contributed by atoms with E-state index in [-0.39, 0.29) is 40.4 Å². The van der Waals surface area contributed by atoms with Gasteiger partial charge >= 0.3 is 12.3 Å². The summed E-state index contributed by atoms with van der Waals surface area (Å²) in [6.07, 6.45) is 0.150. The Kier molecular flexibility index (Phi) is 6.34. The van der Waals surface area contributed by atoms with Crippen LogP contribution in [-0.4, -0.2) is 40.5 Å². The molecule has 0 amide bonds. The molecule has 2 saturated heterocycles. The summed E-state index contributed by atoms with van der Waals surface area (Å²) in [4.78, 5) is 13.7. The van der Waals surface area contributed by atoms with Crippen molar-refractivity contribution < 1.29 is 36.9 Å². The third-order valence-corrected chi connectivity index (χ3v) is 7.27. The second-order valence-corrected chi connectivity index (χ2v) is 9.99. The highest BCUT2D eigenvalue weighted by Crippen LogP contribution is 2.45. The fourth-order valence-electron chi connectivity index (χ4n) is 5.47. The fraction of sp³-hybridized carbons (Fsp3) is 0.480. The number of ether oxygens (including phenoxy) is 2. The number of carboxylic acid groups (broad SMARTS) is 1. The Morgan fingerprint density at radius 1 is 1.03 bits per heavy atom. The highest BCUT2D eigenvalue weighted by atomic mass is 35.5. The van der Waals surface area contributed by atoms with Crippen LogP contribution in [0.3, 0.4) is 0 Å². The number of fused-ring (bicyclic) bond motifs is 2. The Hall–Kier alpha value is -2.52. The third-order valence-electron chi connectivity index (χ3n) is 7.05. The van der Waals surface area contributed by atoms with Crippen molar-refractivity contribution in [2.75, 3.05) is 0 Å². The van der Waals surface area contributed by atoms with E-state index in [0.29, 0.717) is 19.4 Å². The van der Waals surface area contributed by atoms with Gasteiger partial charge in [0, 0.05) is 29.7 Å². The van der Waals surface area contributed by atoms with Crippen molar-refractivity contribution >= 4 is 17.6 Å². The molecule has 1 aliphatic carbocycles. The molecule has 3 fully saturated rings. The Morgan fingerprint density at radius 3 is 2.29 bits per heavy atom. The Labute approximate surface area is 204 Å². The molecular weight excluding hydrogens is 490 g/mol. The van der Waals surface area contributed by atoms with Gasteiger partial charge in [0.15, 0.2) is 0 Å². The zero-order valence-corrected chi connectivity index (χ0v) is 19.4. The Morgan fingerprint density at radius 2 is 1.69 bits per heavy atom. The van der Waals surface area contributed by atoms with Crippen LogP contribution in [0.2, 0.25) is 5.02 Å². The molecule has 10 heteroatoms. The quantitative estimate of drug-likeness (QED) is 0.427. The molecule has 5 rings (SSSR count). The minimum Gasteiger partial charge on any atom is -0.490 e. The number of benzene rings is 2. The van der Waals surface area contributed by atoms with Crippen LogP contribution in [0, 0.1) is 5.82 Å². The lowest BCUT2D eigenvalue weighted by Gasteiger charge is -2.39. The lowest BCUT2D eigenvalue weighted by molar-refractivity contribution is -0.274. The van der Waals surface area contributed by atoms with E-state index in [2.05, 4.69) is 9.64 Å². The number of aromatic carboxylic acids is 1. The molecule has 1 N–H and O–H groups in total. The summed E-state index contributed by atoms with van der Waals surface area (Å²) < 4.78 is 62.3. The van der Waals surface area contributed by atoms with Gasteiger partial charge in [0.1, 0.15) is 23.4 Å². The highest BCUT2D eigenvalue weighted by molar-refractivity contribution is 6.30. The Balaban J connectivity index is 1.29. The lowest BCUT2D eigenvalue weighted by Crippen LogP contribution is -2.45. The summed E-state index contributed by atoms with van der Waals surface area (Å²) in [5.41, 5.74) is 1.45. The van der Waals surface area contributed by atoms with Gasteiger partial charge in [-0.2, -0.15) is 0 Å². The number of halogens is 5. The van der Waals surface area contributed by atoms with Crippen LogP contribution in [0.15, 0.2) is 30.3 Å². The van der Waals surface area contributed by atoms with Crippen molar-refractivity contribution in [1.82, 2.24) is 4.90 Å². The third kappa shape index (κ3) is 5.51. The first-order valence-corrected chi connectivity index (χ1v) is 12.0. The Bertz CT molecular complexity index is 1120. The second-order valence-electron chi connectivity index (χ2n) is 9.55. The van der Waals surface area contributed by atoms with Crippen molar-refractivity contribution in [3.05, 3.63) is 57.9 Å². The maximum Gasteiger partial charge on any atom is 0.573 e. The van der Waals surface area contributed by atoms with Crippen molar-refractivity contribution in [2.45, 2.75) is 75.5 Å². The largest absolute Gasteiger partial charge is 0.573 e. The van der Waals surface area contributed by atoms with Crippen molar-refractivity contribution in [1.29, 1.82) is 0 Å². The first-order chi connectivity index (χ1) is 16.6. The maximum absolute atomic E-state index is 14.5. The zero-order valence-electron chi connectivity index (χ0n) is 18.7. The molecule has 3 atom stereocenters. The number of hydrogen-bond donors (Lipinski definition) is 1. The van der Waals surface area contributed by atoms with E-state index in [1.54, 1.807) is 0 Å². The summed E-state index contributed by atoms with van der Waals surface area (Å²) in [6, 6.07) is 6.95. The molecule has 0 spiro atoms. The van der Waals surface area contributed by atoms with Crippen LogP contribution in [0.5, 0.6) is 11.5 Å². The van der Waals surface area contributed by atoms with Gasteiger partial charge in [0.05, 0.1) is 5.56 Å². The minimum atomic E-state index is -4.83. The summed E-state index contributed by atoms with van der Waals surface area (Å²) in [7, 11) is 0. The van der Waals surface area contributed by atoms with Crippen molar-refractivity contribution in [3.63, 3.8) is 0 Å². The van der Waals surface area contributed by atoms with E-state index < -0.39 is 23.9 Å². The molecule has 188 valence electrons. The number of hydrogen-bond acceptors (Lipinski definition) is 4. The number of piperidine rings is 1. The van der Waals surface area contributed by atoms with E-state index in [4.69, 9.17) is 16.3 Å². The van der Waals surface area contributed by atoms with Crippen LogP contribution >= 0.6 is 11.6 Å². The average molecular weight is 514 g/mol. The predicted molar refractivity (Wildman–Crippen MR) is 119 cm³/mol. The smallest absolute Gasteiger partial charge is 0.490 e. The molecule has 2 aliphatic heterocycles. The number of carbonyl (C=O) groups is 1. The van der Waals surface area contributed by atoms with E-state index in [1.165, 1.54) is 24.3 Å². The van der Waals surface area contributed by atoms with Crippen LogP contribution < -0.4 is 9.47 Å². The molecule has 1 saturated carbocycles. The summed E-state index contributed by atoms with van der Waals surface area (Å²) in [6.45, 7) is 0.533. The van der Waals surface area contributed by atoms with Gasteiger partial charge in [-0.3, -0.25) is 4.90 Å². The number of rotatable bonds is 7. The molecular formula is C25H24ClF4NO4. The zero-order chi connectivity index (χ0) is 24.9. The van der Waals surface area contributed by atoms with E-state index >= 15 is 0 Å². The second kappa shape index (κ2) is 9.17. The van der Waals surface area contributed by atoms with Gasteiger partial charge in [-0.15, -0.1) is 13.2 Å². The molecule has 2 bridgehead atoms. The van der Waals surface area contributed by atoms with Crippen LogP contribution in [0.25, 0.3) is 0 Å². The van der Waals surface area contributed by atoms with Gasteiger partial charge in [-0.1, -0.05) is 11.6 Å². The first-order valence-electron chi connectivity index (χ1n) is 11.6. The molecule has 2 heterocycles. The van der Waals surface area contributed by atoms with Gasteiger partial charge < -0.3 is 14.6 Å². The van der Waals surface area contributed by atoms with Crippen molar-refractivity contribution in [3.8, 4) is 11.5 Å². The SMILES string of the molecule is O=C(O)c1cc(C2CC2)c(CN2[C@@H]3CC[C@H]2C[C@@H](Oc2cc(Cl)cc(OC(F)(F)F)c2)C3)cc1F. The highest BCUT2D eigenvalue weighted by Gasteiger charge is 2.42. The lowest BCUT2D eigenvalue weighted by atomic mass is 9.95. The number of alkyl halides is 3. The molecule has 35 heavy (non-hydrogen) atoms. The number of carboxylic acids is 1. The summed E-state index contributed by atoms with van der Waals surface area (Å²) in [5, 5.41) is 9.39. The maximum atomic E-state index is 14.5. The molecule has 0 radical (unpaired) electrons. The van der Waals surface area contributed by atoms with Gasteiger partial charge in [0.2, 0.25) is 0 Å². The van der Waals surface area contributed by atoms with Crippen LogP contribution in [0.1, 0.15) is 65.9 Å². The molecule has 0 unspecified atom stereocenters. The van der Waals surface area contributed by atoms with E-state index in [1.807, 2.05) is 0 Å². The minimum absolute atomic E-state index is 0.0848. The summed E-state index contributed by atoms with van der Waals surface area (Å²) >= 11 is 5.97. The van der Waals surface area contributed by atoms with E-state index in [0.717, 1.165) is 42.9 Å². The van der Waals surface area contributed by atoms with Gasteiger partial charge in [0.25, 0.3) is 0 Å². The standard InChI is InChI=1S/C25H24ClF4NO4/c26-15-6-18(10-20(7-15)35-25(28,29)30)34-19-8-16-3-4-17(9-19)31(16)12-14-5-23(27)22(24(32)33)11-21(14)13-1-2-13/h5-7,10-11,13,16-17,19H,1-4,8-9,12H2,(H,32,33)/t16-,17+,19+. The molecule has 0 aromatic heterocycles. The van der Waals surface area contributed by atoms with Crippen LogP contribution in [0.4, 0.5) is 17.6 Å².